The van der Waals surface area contributed by atoms with Crippen LogP contribution in [0.4, 0.5) is 0 Å². The summed E-state index contributed by atoms with van der Waals surface area (Å²) < 4.78 is 13.3. The largest absolute Gasteiger partial charge is 0.493 e. The van der Waals surface area contributed by atoms with Crippen LogP contribution in [0.1, 0.15) is 16.2 Å². The van der Waals surface area contributed by atoms with Crippen molar-refractivity contribution in [2.24, 2.45) is 0 Å². The van der Waals surface area contributed by atoms with Gasteiger partial charge in [0.05, 0.1) is 26.3 Å². The molecule has 9 heteroatoms. The molecule has 0 saturated carbocycles. The molecule has 2 aromatic carbocycles. The number of carbonyl (C=O) groups is 1. The van der Waals surface area contributed by atoms with E-state index in [0.717, 1.165) is 0 Å². The van der Waals surface area contributed by atoms with E-state index in [0.29, 0.717) is 44.5 Å². The van der Waals surface area contributed by atoms with E-state index in [1.165, 1.54) is 23.3 Å². The number of aromatic nitrogens is 4. The number of ketones is 1. The van der Waals surface area contributed by atoms with Gasteiger partial charge in [-0.1, -0.05) is 11.6 Å². The number of Topliss-reactive ketones (excluding diaryl/α,β-unsaturated/α-hetero) is 1. The van der Waals surface area contributed by atoms with Crippen LogP contribution >= 0.6 is 11.6 Å². The topological polar surface area (TPSA) is 87.7 Å². The Hall–Kier alpha value is -3.39. The number of carbonyl (C=O) groups excluding carboxylic acids is 1. The van der Waals surface area contributed by atoms with Gasteiger partial charge < -0.3 is 9.47 Å². The number of aryl methyl sites for hydroxylation is 1. The van der Waals surface area contributed by atoms with E-state index in [-0.39, 0.29) is 12.3 Å². The number of rotatable bonds is 5. The molecule has 2 heterocycles. The summed E-state index contributed by atoms with van der Waals surface area (Å²) in [7, 11) is 3.03. The Kier molecular flexibility index (Phi) is 4.71. The average Bonchev–Trinajstić information content (AvgIpc) is 3.12. The molecule has 148 valence electrons. The molecule has 8 nitrogen and oxygen atoms in total. The second-order valence-electron chi connectivity index (χ2n) is 6.42. The molecule has 0 N–H and O–H groups in total. The Morgan fingerprint density at radius 2 is 1.76 bits per heavy atom. The molecular formula is C20H17ClN4O4. The van der Waals surface area contributed by atoms with E-state index in [9.17, 15) is 9.59 Å². The van der Waals surface area contributed by atoms with Gasteiger partial charge in [-0.05, 0) is 37.3 Å². The van der Waals surface area contributed by atoms with Gasteiger partial charge in [0.2, 0.25) is 0 Å². The summed E-state index contributed by atoms with van der Waals surface area (Å²) in [6, 6.07) is 9.90. The fourth-order valence-electron chi connectivity index (χ4n) is 3.23. The smallest absolute Gasteiger partial charge is 0.351 e. The van der Waals surface area contributed by atoms with Gasteiger partial charge in [0, 0.05) is 22.0 Å². The first-order chi connectivity index (χ1) is 13.9. The lowest BCUT2D eigenvalue weighted by molar-refractivity contribution is 0.0971. The van der Waals surface area contributed by atoms with Crippen molar-refractivity contribution < 1.29 is 14.3 Å². The summed E-state index contributed by atoms with van der Waals surface area (Å²) in [4.78, 5) is 30.3. The summed E-state index contributed by atoms with van der Waals surface area (Å²) >= 11 is 5.90. The standard InChI is InChI=1S/C20H17ClN4O4/c1-11-22-19-14-8-17(28-2)18(29-3)9-15(14)24(20(27)25(19)23-11)10-16(26)12-4-6-13(21)7-5-12/h4-9H,10H2,1-3H3. The minimum absolute atomic E-state index is 0.179. The Bertz CT molecular complexity index is 1310. The van der Waals surface area contributed by atoms with Crippen LogP contribution in [-0.2, 0) is 6.54 Å². The highest BCUT2D eigenvalue weighted by Gasteiger charge is 2.19. The second kappa shape index (κ2) is 7.21. The van der Waals surface area contributed by atoms with Gasteiger partial charge in [0.15, 0.2) is 22.9 Å². The van der Waals surface area contributed by atoms with Gasteiger partial charge in [-0.25, -0.2) is 9.78 Å². The van der Waals surface area contributed by atoms with Gasteiger partial charge >= 0.3 is 5.69 Å². The third-order valence-electron chi connectivity index (χ3n) is 4.63. The zero-order valence-electron chi connectivity index (χ0n) is 16.0. The predicted octanol–water partition coefficient (Wildman–Crippen LogP) is 2.91. The molecule has 0 amide bonds. The Balaban J connectivity index is 1.97. The van der Waals surface area contributed by atoms with Gasteiger partial charge in [0.1, 0.15) is 5.82 Å². The minimum Gasteiger partial charge on any atom is -0.493 e. The monoisotopic (exact) mass is 412 g/mol. The van der Waals surface area contributed by atoms with Crippen LogP contribution in [0.15, 0.2) is 41.2 Å². The molecule has 0 bridgehead atoms. The number of ether oxygens (including phenoxy) is 2. The highest BCUT2D eigenvalue weighted by Crippen LogP contribution is 2.33. The molecule has 4 aromatic rings. The first kappa shape index (κ1) is 18.9. The molecule has 0 aliphatic heterocycles. The molecule has 2 aromatic heterocycles. The SMILES string of the molecule is COc1cc2c(cc1OC)n(CC(=O)c1ccc(Cl)cc1)c(=O)n1nc(C)nc21. The third-order valence-corrected chi connectivity index (χ3v) is 4.88. The fourth-order valence-corrected chi connectivity index (χ4v) is 3.36. The maximum Gasteiger partial charge on any atom is 0.351 e. The van der Waals surface area contributed by atoms with Crippen LogP contribution in [0.3, 0.4) is 0 Å². The van der Waals surface area contributed by atoms with Gasteiger partial charge in [-0.3, -0.25) is 9.36 Å². The zero-order valence-corrected chi connectivity index (χ0v) is 16.7. The quantitative estimate of drug-likeness (QED) is 0.468. The average molecular weight is 413 g/mol. The molecule has 0 atom stereocenters. The first-order valence-corrected chi connectivity index (χ1v) is 9.11. The first-order valence-electron chi connectivity index (χ1n) is 8.73. The van der Waals surface area contributed by atoms with Crippen LogP contribution in [-0.4, -0.2) is 39.2 Å². The molecule has 4 rings (SSSR count). The van der Waals surface area contributed by atoms with Crippen LogP contribution in [0, 0.1) is 6.92 Å². The van der Waals surface area contributed by atoms with Crippen molar-refractivity contribution in [3.8, 4) is 11.5 Å². The number of nitrogens with zero attached hydrogens (tertiary/aromatic N) is 4. The van der Waals surface area contributed by atoms with Crippen LogP contribution < -0.4 is 15.2 Å². The van der Waals surface area contributed by atoms with Crippen LogP contribution in [0.25, 0.3) is 16.6 Å². The highest BCUT2D eigenvalue weighted by molar-refractivity contribution is 6.30. The predicted molar refractivity (Wildman–Crippen MR) is 108 cm³/mol. The fraction of sp³-hybridized carbons (Fsp3) is 0.200. The Morgan fingerprint density at radius 1 is 1.10 bits per heavy atom. The molecule has 0 spiro atoms. The number of fused-ring (bicyclic) bond motifs is 3. The van der Waals surface area contributed by atoms with Crippen molar-refractivity contribution in [2.75, 3.05) is 14.2 Å². The van der Waals surface area contributed by atoms with Gasteiger partial charge in [0.25, 0.3) is 0 Å². The maximum atomic E-state index is 13.1. The van der Waals surface area contributed by atoms with Gasteiger partial charge in [-0.2, -0.15) is 4.52 Å². The maximum absolute atomic E-state index is 13.1. The second-order valence-corrected chi connectivity index (χ2v) is 6.85. The van der Waals surface area contributed by atoms with Crippen molar-refractivity contribution in [2.45, 2.75) is 13.5 Å². The van der Waals surface area contributed by atoms with Crippen molar-refractivity contribution in [3.63, 3.8) is 0 Å². The molecule has 0 unspecified atom stereocenters. The Morgan fingerprint density at radius 3 is 2.41 bits per heavy atom. The molecule has 29 heavy (non-hydrogen) atoms. The zero-order chi connectivity index (χ0) is 20.7. The van der Waals surface area contributed by atoms with E-state index in [2.05, 4.69) is 10.1 Å². The molecule has 0 aliphatic carbocycles. The van der Waals surface area contributed by atoms with E-state index >= 15 is 0 Å². The van der Waals surface area contributed by atoms with Crippen molar-refractivity contribution in [1.82, 2.24) is 19.2 Å². The summed E-state index contributed by atoms with van der Waals surface area (Å²) in [6.07, 6.45) is 0. The number of halogens is 1. The lowest BCUT2D eigenvalue weighted by atomic mass is 10.1. The number of benzene rings is 2. The lowest BCUT2D eigenvalue weighted by Gasteiger charge is -2.14. The molecule has 0 radical (unpaired) electrons. The Labute approximate surface area is 170 Å². The normalized spacial score (nSPS) is 11.2. The number of methoxy groups -OCH3 is 2. The highest BCUT2D eigenvalue weighted by atomic mass is 35.5. The summed E-state index contributed by atoms with van der Waals surface area (Å²) in [6.45, 7) is 1.52. The van der Waals surface area contributed by atoms with Crippen molar-refractivity contribution >= 4 is 33.9 Å². The summed E-state index contributed by atoms with van der Waals surface area (Å²) in [5.41, 5.74) is 0.862. The molecule has 0 saturated heterocycles. The summed E-state index contributed by atoms with van der Waals surface area (Å²) in [5, 5.41) is 5.33. The van der Waals surface area contributed by atoms with E-state index in [4.69, 9.17) is 21.1 Å². The summed E-state index contributed by atoms with van der Waals surface area (Å²) in [5.74, 6) is 1.13. The van der Waals surface area contributed by atoms with Crippen molar-refractivity contribution in [1.29, 1.82) is 0 Å². The van der Waals surface area contributed by atoms with E-state index in [1.807, 2.05) is 0 Å². The molecular weight excluding hydrogens is 396 g/mol. The van der Waals surface area contributed by atoms with Crippen molar-refractivity contribution in [3.05, 3.63) is 63.3 Å². The third kappa shape index (κ3) is 3.21. The van der Waals surface area contributed by atoms with E-state index < -0.39 is 5.69 Å². The molecule has 0 aliphatic rings. The van der Waals surface area contributed by atoms with Crippen LogP contribution in [0.5, 0.6) is 11.5 Å². The number of hydrogen-bond donors (Lipinski definition) is 0. The van der Waals surface area contributed by atoms with E-state index in [1.54, 1.807) is 43.3 Å². The van der Waals surface area contributed by atoms with Crippen LogP contribution in [0.2, 0.25) is 5.02 Å². The number of hydrogen-bond acceptors (Lipinski definition) is 6. The minimum atomic E-state index is -0.470. The lowest BCUT2D eigenvalue weighted by Crippen LogP contribution is -2.30. The molecule has 0 fully saturated rings. The van der Waals surface area contributed by atoms with Gasteiger partial charge in [-0.15, -0.1) is 5.10 Å².